The van der Waals surface area contributed by atoms with Gasteiger partial charge in [-0.15, -0.1) is 0 Å². The standard InChI is InChI=1S/C19H27BrN2O/c1-14(21)15-6-5-11-22(13-15)18(23)19(9-2-3-10-19)16-7-4-8-17(20)12-16/h4,7-8,12,14-15H,2-3,5-6,9-11,13,21H2,1H3. The van der Waals surface area contributed by atoms with Crippen LogP contribution in [-0.4, -0.2) is 29.9 Å². The van der Waals surface area contributed by atoms with Gasteiger partial charge >= 0.3 is 0 Å². The summed E-state index contributed by atoms with van der Waals surface area (Å²) >= 11 is 3.57. The van der Waals surface area contributed by atoms with Gasteiger partial charge in [0.05, 0.1) is 5.41 Å². The maximum atomic E-state index is 13.5. The lowest BCUT2D eigenvalue weighted by Crippen LogP contribution is -2.51. The van der Waals surface area contributed by atoms with Crippen molar-refractivity contribution in [1.29, 1.82) is 0 Å². The smallest absolute Gasteiger partial charge is 0.233 e. The number of nitrogens with two attached hydrogens (primary N) is 1. The van der Waals surface area contributed by atoms with E-state index in [1.807, 2.05) is 12.1 Å². The highest BCUT2D eigenvalue weighted by molar-refractivity contribution is 9.10. The van der Waals surface area contributed by atoms with E-state index in [1.54, 1.807) is 0 Å². The Kier molecular flexibility index (Phi) is 5.12. The second-order valence-corrected chi connectivity index (χ2v) is 8.23. The molecule has 3 rings (SSSR count). The monoisotopic (exact) mass is 378 g/mol. The molecular formula is C19H27BrN2O. The number of hydrogen-bond donors (Lipinski definition) is 1. The van der Waals surface area contributed by atoms with Crippen LogP contribution in [0.5, 0.6) is 0 Å². The van der Waals surface area contributed by atoms with Gasteiger partial charge in [0, 0.05) is 23.6 Å². The molecular weight excluding hydrogens is 352 g/mol. The van der Waals surface area contributed by atoms with Crippen LogP contribution in [0, 0.1) is 5.92 Å². The number of carbonyl (C=O) groups is 1. The summed E-state index contributed by atoms with van der Waals surface area (Å²) in [6, 6.07) is 8.50. The van der Waals surface area contributed by atoms with Crippen LogP contribution in [0.25, 0.3) is 0 Å². The van der Waals surface area contributed by atoms with E-state index < -0.39 is 0 Å². The first-order chi connectivity index (χ1) is 11.0. The SMILES string of the molecule is CC(N)C1CCCN(C(=O)C2(c3cccc(Br)c3)CCCC2)C1. The van der Waals surface area contributed by atoms with E-state index in [2.05, 4.69) is 39.9 Å². The number of rotatable bonds is 3. The van der Waals surface area contributed by atoms with E-state index in [0.717, 1.165) is 56.1 Å². The first-order valence-electron chi connectivity index (χ1n) is 8.84. The molecule has 2 N–H and O–H groups in total. The topological polar surface area (TPSA) is 46.3 Å². The second-order valence-electron chi connectivity index (χ2n) is 7.31. The first kappa shape index (κ1) is 17.0. The zero-order valence-corrected chi connectivity index (χ0v) is 15.5. The van der Waals surface area contributed by atoms with Crippen LogP contribution in [0.1, 0.15) is 51.0 Å². The van der Waals surface area contributed by atoms with Crippen molar-refractivity contribution in [3.63, 3.8) is 0 Å². The van der Waals surface area contributed by atoms with Gasteiger partial charge in [-0.3, -0.25) is 4.79 Å². The molecule has 2 aliphatic rings. The average molecular weight is 379 g/mol. The van der Waals surface area contributed by atoms with E-state index in [9.17, 15) is 4.79 Å². The third-order valence-electron chi connectivity index (χ3n) is 5.73. The third kappa shape index (κ3) is 3.34. The number of carbonyl (C=O) groups excluding carboxylic acids is 1. The maximum Gasteiger partial charge on any atom is 0.233 e. The van der Waals surface area contributed by atoms with Gasteiger partial charge in [0.1, 0.15) is 0 Å². The van der Waals surface area contributed by atoms with Crippen LogP contribution < -0.4 is 5.73 Å². The van der Waals surface area contributed by atoms with Crippen molar-refractivity contribution < 1.29 is 4.79 Å². The minimum absolute atomic E-state index is 0.163. The number of likely N-dealkylation sites (tertiary alicyclic amines) is 1. The summed E-state index contributed by atoms with van der Waals surface area (Å²) in [6.07, 6.45) is 6.45. The number of piperidine rings is 1. The number of halogens is 1. The quantitative estimate of drug-likeness (QED) is 0.867. The molecule has 1 amide bonds. The Labute approximate surface area is 147 Å². The van der Waals surface area contributed by atoms with E-state index in [-0.39, 0.29) is 11.5 Å². The molecule has 0 radical (unpaired) electrons. The maximum absolute atomic E-state index is 13.5. The van der Waals surface area contributed by atoms with Gasteiger partial charge in [-0.25, -0.2) is 0 Å². The van der Waals surface area contributed by atoms with Crippen molar-refractivity contribution >= 4 is 21.8 Å². The summed E-state index contributed by atoms with van der Waals surface area (Å²) < 4.78 is 1.06. The highest BCUT2D eigenvalue weighted by Crippen LogP contribution is 2.43. The van der Waals surface area contributed by atoms with E-state index >= 15 is 0 Å². The zero-order chi connectivity index (χ0) is 16.4. The first-order valence-corrected chi connectivity index (χ1v) is 9.63. The number of nitrogens with zero attached hydrogens (tertiary/aromatic N) is 1. The van der Waals surface area contributed by atoms with Crippen LogP contribution in [0.3, 0.4) is 0 Å². The molecule has 0 bridgehead atoms. The molecule has 1 heterocycles. The van der Waals surface area contributed by atoms with Gasteiger partial charge in [0.15, 0.2) is 0 Å². The van der Waals surface area contributed by atoms with Crippen LogP contribution in [0.4, 0.5) is 0 Å². The van der Waals surface area contributed by atoms with E-state index in [4.69, 9.17) is 5.73 Å². The molecule has 126 valence electrons. The lowest BCUT2D eigenvalue weighted by molar-refractivity contribution is -0.139. The summed E-state index contributed by atoms with van der Waals surface area (Å²) in [5.41, 5.74) is 6.96. The van der Waals surface area contributed by atoms with Crippen LogP contribution >= 0.6 is 15.9 Å². The van der Waals surface area contributed by atoms with Crippen LogP contribution in [-0.2, 0) is 10.2 Å². The molecule has 1 saturated carbocycles. The molecule has 2 fully saturated rings. The van der Waals surface area contributed by atoms with Crippen LogP contribution in [0.2, 0.25) is 0 Å². The minimum Gasteiger partial charge on any atom is -0.342 e. The molecule has 0 spiro atoms. The Morgan fingerprint density at radius 3 is 2.74 bits per heavy atom. The van der Waals surface area contributed by atoms with E-state index in [0.29, 0.717) is 11.8 Å². The van der Waals surface area contributed by atoms with Crippen molar-refractivity contribution in [2.24, 2.45) is 11.7 Å². The molecule has 3 nitrogen and oxygen atoms in total. The zero-order valence-electron chi connectivity index (χ0n) is 13.9. The highest BCUT2D eigenvalue weighted by Gasteiger charge is 2.45. The van der Waals surface area contributed by atoms with Gasteiger partial charge in [-0.2, -0.15) is 0 Å². The largest absolute Gasteiger partial charge is 0.342 e. The van der Waals surface area contributed by atoms with Crippen molar-refractivity contribution in [2.45, 2.75) is 56.9 Å². The Hall–Kier alpha value is -0.870. The van der Waals surface area contributed by atoms with Gasteiger partial charge < -0.3 is 10.6 Å². The Balaban J connectivity index is 1.87. The number of amides is 1. The van der Waals surface area contributed by atoms with Gasteiger partial charge in [-0.1, -0.05) is 40.9 Å². The van der Waals surface area contributed by atoms with Crippen molar-refractivity contribution in [2.75, 3.05) is 13.1 Å². The summed E-state index contributed by atoms with van der Waals surface area (Å²) in [5.74, 6) is 0.770. The molecule has 2 unspecified atom stereocenters. The fraction of sp³-hybridized carbons (Fsp3) is 0.632. The Bertz CT molecular complexity index is 566. The summed E-state index contributed by atoms with van der Waals surface area (Å²) in [4.78, 5) is 15.6. The molecule has 1 aromatic rings. The molecule has 1 aromatic carbocycles. The highest BCUT2D eigenvalue weighted by atomic mass is 79.9. The lowest BCUT2D eigenvalue weighted by Gasteiger charge is -2.40. The minimum atomic E-state index is -0.316. The lowest BCUT2D eigenvalue weighted by atomic mass is 9.76. The predicted octanol–water partition coefficient (Wildman–Crippen LogP) is 3.85. The Morgan fingerprint density at radius 2 is 2.09 bits per heavy atom. The second kappa shape index (κ2) is 6.94. The molecule has 2 atom stereocenters. The summed E-state index contributed by atoms with van der Waals surface area (Å²) in [5, 5.41) is 0. The number of hydrogen-bond acceptors (Lipinski definition) is 2. The van der Waals surface area contributed by atoms with Gasteiger partial charge in [0.25, 0.3) is 0 Å². The predicted molar refractivity (Wildman–Crippen MR) is 97.2 cm³/mol. The average Bonchev–Trinajstić information content (AvgIpc) is 3.05. The molecule has 23 heavy (non-hydrogen) atoms. The Morgan fingerprint density at radius 1 is 1.35 bits per heavy atom. The van der Waals surface area contributed by atoms with Crippen molar-refractivity contribution in [1.82, 2.24) is 4.90 Å². The fourth-order valence-electron chi connectivity index (χ4n) is 4.32. The molecule has 1 aliphatic heterocycles. The van der Waals surface area contributed by atoms with Crippen LogP contribution in [0.15, 0.2) is 28.7 Å². The van der Waals surface area contributed by atoms with Crippen molar-refractivity contribution in [3.8, 4) is 0 Å². The van der Waals surface area contributed by atoms with Crippen molar-refractivity contribution in [3.05, 3.63) is 34.3 Å². The van der Waals surface area contributed by atoms with E-state index in [1.165, 1.54) is 5.56 Å². The number of benzene rings is 1. The normalized spacial score (nSPS) is 25.3. The molecule has 1 saturated heterocycles. The van der Waals surface area contributed by atoms with Gasteiger partial charge in [0.2, 0.25) is 5.91 Å². The molecule has 1 aliphatic carbocycles. The van der Waals surface area contributed by atoms with Gasteiger partial charge in [-0.05, 0) is 56.2 Å². The summed E-state index contributed by atoms with van der Waals surface area (Å²) in [6.45, 7) is 3.78. The fourth-order valence-corrected chi connectivity index (χ4v) is 4.72. The molecule has 4 heteroatoms. The molecule has 0 aromatic heterocycles. The summed E-state index contributed by atoms with van der Waals surface area (Å²) in [7, 11) is 0. The third-order valence-corrected chi connectivity index (χ3v) is 6.23.